The van der Waals surface area contributed by atoms with E-state index in [4.69, 9.17) is 21.1 Å². The van der Waals surface area contributed by atoms with Crippen LogP contribution >= 0.6 is 11.6 Å². The molecule has 3 saturated heterocycles. The highest BCUT2D eigenvalue weighted by atomic mass is 35.5. The lowest BCUT2D eigenvalue weighted by atomic mass is 9.66. The third-order valence-corrected chi connectivity index (χ3v) is 10.1. The Morgan fingerprint density at radius 2 is 1.74 bits per heavy atom. The van der Waals surface area contributed by atoms with Gasteiger partial charge in [0.2, 0.25) is 11.8 Å². The van der Waals surface area contributed by atoms with Crippen LogP contribution in [0.1, 0.15) is 40.5 Å². The molecule has 1 spiro atoms. The molecular formula is C36H44ClN3O6. The normalized spacial score (nSPS) is 27.0. The second kappa shape index (κ2) is 13.2. The van der Waals surface area contributed by atoms with Crippen LogP contribution in [0.2, 0.25) is 5.02 Å². The molecule has 3 heterocycles. The number of fused-ring (bicyclic) bond motifs is 1. The third kappa shape index (κ3) is 5.42. The molecule has 2 aromatic rings. The molecule has 3 aliphatic heterocycles. The van der Waals surface area contributed by atoms with Crippen molar-refractivity contribution in [2.24, 2.45) is 17.8 Å². The molecule has 10 heteroatoms. The molecule has 3 aliphatic rings. The second-order valence-corrected chi connectivity index (χ2v) is 13.2. The predicted octanol–water partition coefficient (Wildman–Crippen LogP) is 5.26. The molecule has 0 saturated carbocycles. The van der Waals surface area contributed by atoms with Crippen molar-refractivity contribution in [2.75, 3.05) is 36.1 Å². The lowest BCUT2D eigenvalue weighted by molar-refractivity contribution is -0.149. The molecule has 2 unspecified atom stereocenters. The Hall–Kier alpha value is -3.66. The first-order valence-electron chi connectivity index (χ1n) is 15.9. The van der Waals surface area contributed by atoms with Crippen LogP contribution in [0.5, 0.6) is 5.75 Å². The molecule has 2 bridgehead atoms. The van der Waals surface area contributed by atoms with Gasteiger partial charge >= 0.3 is 0 Å². The number of amides is 3. The summed E-state index contributed by atoms with van der Waals surface area (Å²) in [6, 6.07) is 12.5. The van der Waals surface area contributed by atoms with E-state index >= 15 is 0 Å². The number of likely N-dealkylation sites (tertiary alicyclic amines) is 1. The van der Waals surface area contributed by atoms with E-state index < -0.39 is 41.0 Å². The van der Waals surface area contributed by atoms with Crippen LogP contribution in [0, 0.1) is 17.8 Å². The highest BCUT2D eigenvalue weighted by molar-refractivity contribution is 6.34. The van der Waals surface area contributed by atoms with Crippen LogP contribution in [0.3, 0.4) is 0 Å². The molecule has 0 aliphatic carbocycles. The van der Waals surface area contributed by atoms with Crippen molar-refractivity contribution in [1.82, 2.24) is 4.90 Å². The minimum Gasteiger partial charge on any atom is -0.494 e. The van der Waals surface area contributed by atoms with E-state index in [0.29, 0.717) is 41.6 Å². The van der Waals surface area contributed by atoms with Gasteiger partial charge < -0.3 is 29.3 Å². The summed E-state index contributed by atoms with van der Waals surface area (Å²) in [6.07, 6.45) is 4.14. The number of benzene rings is 2. The minimum absolute atomic E-state index is 0.137. The maximum atomic E-state index is 14.9. The number of aliphatic hydroxyl groups is 1. The number of carbonyl (C=O) groups excluding carboxylic acids is 3. The van der Waals surface area contributed by atoms with Crippen LogP contribution in [-0.2, 0) is 19.1 Å². The van der Waals surface area contributed by atoms with E-state index in [0.717, 1.165) is 0 Å². The van der Waals surface area contributed by atoms with Crippen LogP contribution in [-0.4, -0.2) is 77.3 Å². The number of aliphatic hydroxyl groups excluding tert-OH is 1. The number of nitrogens with zero attached hydrogens (tertiary/aromatic N) is 3. The van der Waals surface area contributed by atoms with Crippen molar-refractivity contribution in [3.05, 3.63) is 78.9 Å². The first-order chi connectivity index (χ1) is 22.0. The molecule has 5 rings (SSSR count). The molecule has 6 atom stereocenters. The summed E-state index contributed by atoms with van der Waals surface area (Å²) < 4.78 is 12.5. The largest absolute Gasteiger partial charge is 0.494 e. The van der Waals surface area contributed by atoms with Gasteiger partial charge in [0.05, 0.1) is 47.4 Å². The van der Waals surface area contributed by atoms with Gasteiger partial charge in [0.25, 0.3) is 5.91 Å². The Balaban J connectivity index is 1.62. The fourth-order valence-corrected chi connectivity index (χ4v) is 8.00. The fraction of sp³-hybridized carbons (Fsp3) is 0.472. The van der Waals surface area contributed by atoms with Crippen LogP contribution in [0.25, 0.3) is 0 Å². The summed E-state index contributed by atoms with van der Waals surface area (Å²) in [5.41, 5.74) is -1.17. The zero-order valence-electron chi connectivity index (χ0n) is 27.0. The maximum absolute atomic E-state index is 14.9. The van der Waals surface area contributed by atoms with E-state index in [-0.39, 0.29) is 37.4 Å². The Labute approximate surface area is 276 Å². The lowest BCUT2D eigenvalue weighted by Gasteiger charge is -2.40. The van der Waals surface area contributed by atoms with Crippen molar-refractivity contribution in [1.29, 1.82) is 0 Å². The van der Waals surface area contributed by atoms with Crippen molar-refractivity contribution in [3.8, 4) is 5.75 Å². The fourth-order valence-electron chi connectivity index (χ4n) is 7.76. The number of ether oxygens (including phenoxy) is 2. The Kier molecular flexibility index (Phi) is 9.68. The van der Waals surface area contributed by atoms with Gasteiger partial charge in [-0.05, 0) is 69.0 Å². The van der Waals surface area contributed by atoms with Crippen molar-refractivity contribution < 1.29 is 29.0 Å². The Morgan fingerprint density at radius 1 is 1.09 bits per heavy atom. The average molecular weight is 650 g/mol. The van der Waals surface area contributed by atoms with Crippen LogP contribution in [0.4, 0.5) is 11.4 Å². The van der Waals surface area contributed by atoms with Gasteiger partial charge in [0, 0.05) is 18.8 Å². The van der Waals surface area contributed by atoms with Gasteiger partial charge in [0.1, 0.15) is 17.4 Å². The quantitative estimate of drug-likeness (QED) is 0.297. The third-order valence-electron chi connectivity index (χ3n) is 9.79. The molecule has 246 valence electrons. The Bertz CT molecular complexity index is 1500. The number of rotatable bonds is 13. The van der Waals surface area contributed by atoms with Crippen molar-refractivity contribution >= 4 is 40.7 Å². The van der Waals surface area contributed by atoms with Gasteiger partial charge in [-0.2, -0.15) is 0 Å². The average Bonchev–Trinajstić information content (AvgIpc) is 3.60. The molecule has 3 amide bonds. The zero-order valence-corrected chi connectivity index (χ0v) is 27.8. The summed E-state index contributed by atoms with van der Waals surface area (Å²) in [5.74, 6) is -2.35. The predicted molar refractivity (Wildman–Crippen MR) is 179 cm³/mol. The highest BCUT2D eigenvalue weighted by Crippen LogP contribution is 2.64. The standard InChI is InChI=1S/C36H44ClN3O6/c1-7-20-38(24-14-16-25(17-15-24)45-9-3)32(42)29-30-33(43)40(28(22-41)23(4)5)31(36(30)19-18-35(29,6)46-36)34(44)39(21-8-2)27-13-11-10-12-26(27)37/h7-8,10-17,23,28-31,41H,1-2,9,18-22H2,3-6H3/t28-,29+,30-,31?,35-,36?/m0/s1. The molecule has 2 aromatic carbocycles. The van der Waals surface area contributed by atoms with E-state index in [1.165, 1.54) is 9.80 Å². The summed E-state index contributed by atoms with van der Waals surface area (Å²) >= 11 is 6.59. The number of hydrogen-bond acceptors (Lipinski definition) is 6. The smallest absolute Gasteiger partial charge is 0.253 e. The number of carbonyl (C=O) groups is 3. The summed E-state index contributed by atoms with van der Waals surface area (Å²) in [7, 11) is 0. The second-order valence-electron chi connectivity index (χ2n) is 12.8. The van der Waals surface area contributed by atoms with E-state index in [2.05, 4.69) is 13.2 Å². The summed E-state index contributed by atoms with van der Waals surface area (Å²) in [4.78, 5) is 49.0. The number of halogens is 1. The SMILES string of the molecule is C=CCN(C(=O)[C@H]1[C@H]2C(=O)N([C@@H](CO)C(C)C)C(C(=O)N(CC=C)c3ccccc3Cl)C23CC[C@]1(C)O3)c1ccc(OCC)cc1. The van der Waals surface area contributed by atoms with Gasteiger partial charge in [-0.25, -0.2) is 0 Å². The molecule has 0 radical (unpaired) electrons. The number of anilines is 2. The van der Waals surface area contributed by atoms with Gasteiger partial charge in [0.15, 0.2) is 0 Å². The summed E-state index contributed by atoms with van der Waals surface area (Å²) in [6.45, 7) is 15.8. The first kappa shape index (κ1) is 33.7. The number of hydrogen-bond donors (Lipinski definition) is 1. The molecule has 3 fully saturated rings. The van der Waals surface area contributed by atoms with E-state index in [9.17, 15) is 19.5 Å². The van der Waals surface area contributed by atoms with Crippen LogP contribution < -0.4 is 14.5 Å². The molecule has 1 N–H and O–H groups in total. The minimum atomic E-state index is -1.29. The number of para-hydroxylation sites is 1. The molecule has 0 aromatic heterocycles. The maximum Gasteiger partial charge on any atom is 0.253 e. The molecule has 9 nitrogen and oxygen atoms in total. The van der Waals surface area contributed by atoms with Gasteiger partial charge in [-0.15, -0.1) is 13.2 Å². The molecule has 46 heavy (non-hydrogen) atoms. The van der Waals surface area contributed by atoms with E-state index in [1.807, 2.05) is 39.8 Å². The van der Waals surface area contributed by atoms with Crippen molar-refractivity contribution in [3.63, 3.8) is 0 Å². The monoisotopic (exact) mass is 649 g/mol. The van der Waals surface area contributed by atoms with Crippen LogP contribution in [0.15, 0.2) is 73.8 Å². The first-order valence-corrected chi connectivity index (χ1v) is 16.3. The van der Waals surface area contributed by atoms with E-state index in [1.54, 1.807) is 53.5 Å². The Morgan fingerprint density at radius 3 is 2.33 bits per heavy atom. The lowest BCUT2D eigenvalue weighted by Crippen LogP contribution is -2.60. The molecular weight excluding hydrogens is 606 g/mol. The zero-order chi connectivity index (χ0) is 33.4. The van der Waals surface area contributed by atoms with Gasteiger partial charge in [-0.3, -0.25) is 14.4 Å². The van der Waals surface area contributed by atoms with Gasteiger partial charge in [-0.1, -0.05) is 49.7 Å². The van der Waals surface area contributed by atoms with Crippen molar-refractivity contribution in [2.45, 2.75) is 63.8 Å². The summed E-state index contributed by atoms with van der Waals surface area (Å²) in [5, 5.41) is 11.0. The highest BCUT2D eigenvalue weighted by Gasteiger charge is 2.79. The topological polar surface area (TPSA) is 99.6 Å².